The number of hydrogen-bond donors (Lipinski definition) is 2. The Morgan fingerprint density at radius 1 is 1.08 bits per heavy atom. The number of unbranched alkanes of at least 4 members (excludes halogenated alkanes) is 1. The Morgan fingerprint density at radius 3 is 2.35 bits per heavy atom. The van der Waals surface area contributed by atoms with E-state index in [-0.39, 0.29) is 51.2 Å². The number of benzene rings is 1. The summed E-state index contributed by atoms with van der Waals surface area (Å²) in [5.74, 6) is -1.28. The predicted molar refractivity (Wildman–Crippen MR) is 196 cm³/mol. The van der Waals surface area contributed by atoms with Gasteiger partial charge in [-0.05, 0) is 63.5 Å². The third-order valence-corrected chi connectivity index (χ3v) is 14.8. The number of aliphatic hydroxyl groups excluding tert-OH is 1. The van der Waals surface area contributed by atoms with Crippen LogP contribution in [-0.4, -0.2) is 87.4 Å². The number of hydrogen-bond acceptors (Lipinski definition) is 11. The van der Waals surface area contributed by atoms with E-state index in [0.29, 0.717) is 56.3 Å². The molecule has 13 nitrogen and oxygen atoms in total. The third kappa shape index (κ3) is 10.7. The van der Waals surface area contributed by atoms with Crippen LogP contribution in [0.3, 0.4) is 0 Å². The molecule has 2 heterocycles. The van der Waals surface area contributed by atoms with Gasteiger partial charge >= 0.3 is 11.9 Å². The van der Waals surface area contributed by atoms with Crippen LogP contribution in [0, 0.1) is 11.8 Å². The molecule has 1 aliphatic heterocycles. The molecule has 0 unspecified atom stereocenters. The van der Waals surface area contributed by atoms with Crippen molar-refractivity contribution in [2.45, 2.75) is 111 Å². The second kappa shape index (κ2) is 18.3. The summed E-state index contributed by atoms with van der Waals surface area (Å²) < 4.78 is 62.1. The molecule has 1 aromatic carbocycles. The number of rotatable bonds is 17. The topological polar surface area (TPSA) is 191 Å². The quantitative estimate of drug-likeness (QED) is 0.133. The number of aliphatic hydroxyl groups is 1. The first kappa shape index (κ1) is 41.6. The number of primary sulfonamides is 1. The van der Waals surface area contributed by atoms with Crippen LogP contribution in [0.25, 0.3) is 0 Å². The summed E-state index contributed by atoms with van der Waals surface area (Å²) in [7, 11) is -6.67. The molecule has 2 aromatic rings. The number of likely N-dealkylation sites (N-methyl/N-ethyl adjacent to an activating group) is 2. The summed E-state index contributed by atoms with van der Waals surface area (Å²) in [4.78, 5) is 39.0. The van der Waals surface area contributed by atoms with E-state index in [0.717, 1.165) is 16.3 Å². The number of nitrogens with zero attached hydrogens (tertiary/aromatic N) is 2. The number of amides is 1. The van der Waals surface area contributed by atoms with Crippen LogP contribution in [0.15, 0.2) is 57.0 Å². The van der Waals surface area contributed by atoms with Gasteiger partial charge in [0.1, 0.15) is 20.6 Å². The van der Waals surface area contributed by atoms with Crippen LogP contribution >= 0.6 is 11.3 Å². The third-order valence-electron chi connectivity index (χ3n) is 9.84. The summed E-state index contributed by atoms with van der Waals surface area (Å²) in [5, 5.41) is 16.1. The molecule has 16 heteroatoms. The van der Waals surface area contributed by atoms with Crippen molar-refractivity contribution in [3.8, 4) is 0 Å². The lowest BCUT2D eigenvalue weighted by Gasteiger charge is -2.37. The number of sulfonamides is 2. The number of ether oxygens (including phenoxy) is 2. The monoisotopic (exact) mass is 781 g/mol. The molecule has 288 valence electrons. The molecule has 0 spiro atoms. The molecular formula is C36H51N3O10S3. The van der Waals surface area contributed by atoms with E-state index in [2.05, 4.69) is 0 Å². The van der Waals surface area contributed by atoms with E-state index in [1.165, 1.54) is 27.0 Å². The maximum Gasteiger partial charge on any atom is 0.302 e. The molecular weight excluding hydrogens is 731 g/mol. The minimum atomic E-state index is -4.14. The van der Waals surface area contributed by atoms with Gasteiger partial charge in [0.05, 0.1) is 12.1 Å². The number of aryl methyl sites for hydroxylation is 1. The zero-order valence-electron chi connectivity index (χ0n) is 30.2. The normalized spacial score (nSPS) is 23.6. The second-order valence-electron chi connectivity index (χ2n) is 13.5. The smallest absolute Gasteiger partial charge is 0.302 e. The standard InChI is InChI=1S/C36H51N3O10S3/c1-5-39(31-23-38(4)52(46,47)36-30(31)21-35(50-36)51(37,44)45)34(43)16-12-7-6-11-15-28-29(33(49-25(3)41)22-32(28)48-24(2)40)20-19-27(42)18-17-26-13-9-8-10-14-26/h6,8-11,13-14,21,27-29,31-33,42H,5,7,12,15-20,22-23H2,1-4H3,(H2,37,44,45)/b11-6-/t27-,28+,29+,31-,32-,33+/m0/s1. The Balaban J connectivity index is 1.37. The van der Waals surface area contributed by atoms with Crippen LogP contribution in [0.2, 0.25) is 0 Å². The van der Waals surface area contributed by atoms with Crippen LogP contribution in [0.5, 0.6) is 0 Å². The molecule has 1 aliphatic carbocycles. The zero-order valence-corrected chi connectivity index (χ0v) is 32.6. The number of carbonyl (C=O) groups is 3. The van der Waals surface area contributed by atoms with Gasteiger partial charge in [-0.2, -0.15) is 4.31 Å². The number of nitrogens with two attached hydrogens (primary N) is 1. The van der Waals surface area contributed by atoms with E-state index >= 15 is 0 Å². The fourth-order valence-corrected chi connectivity index (χ4v) is 11.3. The van der Waals surface area contributed by atoms with Gasteiger partial charge < -0.3 is 19.5 Å². The highest BCUT2D eigenvalue weighted by Gasteiger charge is 2.46. The van der Waals surface area contributed by atoms with E-state index < -0.39 is 56.3 Å². The van der Waals surface area contributed by atoms with Gasteiger partial charge in [0.2, 0.25) is 15.9 Å². The minimum Gasteiger partial charge on any atom is -0.462 e. The summed E-state index contributed by atoms with van der Waals surface area (Å²) in [6, 6.07) is 10.5. The summed E-state index contributed by atoms with van der Waals surface area (Å²) in [5.41, 5.74) is 1.40. The Labute approximate surface area is 311 Å². The second-order valence-corrected chi connectivity index (χ2v) is 18.6. The Hall–Kier alpha value is -3.15. The molecule has 0 bridgehead atoms. The molecule has 52 heavy (non-hydrogen) atoms. The van der Waals surface area contributed by atoms with Gasteiger partial charge in [0.15, 0.2) is 0 Å². The molecule has 6 atom stereocenters. The highest BCUT2D eigenvalue weighted by atomic mass is 32.3. The van der Waals surface area contributed by atoms with Gasteiger partial charge in [-0.3, -0.25) is 14.4 Å². The largest absolute Gasteiger partial charge is 0.462 e. The zero-order chi connectivity index (χ0) is 38.2. The number of esters is 2. The van der Waals surface area contributed by atoms with E-state index in [4.69, 9.17) is 14.6 Å². The lowest BCUT2D eigenvalue weighted by molar-refractivity contribution is -0.149. The number of carbonyl (C=O) groups excluding carboxylic acids is 3. The first-order valence-corrected chi connectivity index (χ1v) is 21.5. The molecule has 2 aliphatic rings. The van der Waals surface area contributed by atoms with E-state index in [1.54, 1.807) is 11.8 Å². The molecule has 0 saturated heterocycles. The molecule has 3 N–H and O–H groups in total. The van der Waals surface area contributed by atoms with Gasteiger partial charge in [-0.25, -0.2) is 22.0 Å². The van der Waals surface area contributed by atoms with E-state index in [9.17, 15) is 36.3 Å². The van der Waals surface area contributed by atoms with Gasteiger partial charge in [0, 0.05) is 64.2 Å². The average molecular weight is 782 g/mol. The van der Waals surface area contributed by atoms with Crippen molar-refractivity contribution in [2.24, 2.45) is 17.0 Å². The van der Waals surface area contributed by atoms with Crippen molar-refractivity contribution in [1.29, 1.82) is 0 Å². The Kier molecular flexibility index (Phi) is 14.6. The van der Waals surface area contributed by atoms with Gasteiger partial charge in [-0.1, -0.05) is 42.5 Å². The van der Waals surface area contributed by atoms with Crippen molar-refractivity contribution in [3.05, 3.63) is 59.7 Å². The minimum absolute atomic E-state index is 0.0138. The number of allylic oxidation sites excluding steroid dienone is 2. The van der Waals surface area contributed by atoms with Crippen LogP contribution in [0.1, 0.15) is 89.3 Å². The Morgan fingerprint density at radius 2 is 1.73 bits per heavy atom. The van der Waals surface area contributed by atoms with E-state index in [1.807, 2.05) is 42.5 Å². The SMILES string of the molecule is CCN(C(=O)CCC/C=C\C[C@@H]1[C@@H](CC[C@@H](O)CCc2ccccc2)[C@H](OC(C)=O)C[C@@H]1OC(C)=O)[C@H]1CN(C)S(=O)(=O)c2sc(S(N)(=O)=O)cc21. The average Bonchev–Trinajstić information content (AvgIpc) is 3.66. The van der Waals surface area contributed by atoms with Gasteiger partial charge in [-0.15, -0.1) is 11.3 Å². The maximum atomic E-state index is 13.4. The molecule has 0 radical (unpaired) electrons. The first-order chi connectivity index (χ1) is 24.5. The van der Waals surface area contributed by atoms with Gasteiger partial charge in [0.25, 0.3) is 10.0 Å². The first-order valence-electron chi connectivity index (χ1n) is 17.7. The van der Waals surface area contributed by atoms with Crippen molar-refractivity contribution >= 4 is 49.2 Å². The van der Waals surface area contributed by atoms with Crippen molar-refractivity contribution in [3.63, 3.8) is 0 Å². The highest BCUT2D eigenvalue weighted by molar-refractivity contribution is 7.94. The summed E-state index contributed by atoms with van der Waals surface area (Å²) >= 11 is 0.591. The van der Waals surface area contributed by atoms with Crippen molar-refractivity contribution < 1.29 is 45.8 Å². The Bertz CT molecular complexity index is 1800. The maximum absolute atomic E-state index is 13.4. The summed E-state index contributed by atoms with van der Waals surface area (Å²) in [6.45, 7) is 4.78. The molecule has 1 saturated carbocycles. The number of fused-ring (bicyclic) bond motifs is 1. The molecule has 4 rings (SSSR count). The lowest BCUT2D eigenvalue weighted by atomic mass is 9.85. The van der Waals surface area contributed by atoms with Crippen molar-refractivity contribution in [1.82, 2.24) is 9.21 Å². The molecule has 1 aromatic heterocycles. The fraction of sp³-hybridized carbons (Fsp3) is 0.583. The predicted octanol–water partition coefficient (Wildman–Crippen LogP) is 4.31. The molecule has 1 amide bonds. The van der Waals surface area contributed by atoms with Crippen LogP contribution < -0.4 is 5.14 Å². The lowest BCUT2D eigenvalue weighted by Crippen LogP contribution is -2.45. The highest BCUT2D eigenvalue weighted by Crippen LogP contribution is 2.43. The van der Waals surface area contributed by atoms with Crippen molar-refractivity contribution in [2.75, 3.05) is 20.1 Å². The van der Waals surface area contributed by atoms with Crippen LogP contribution in [-0.2, 0) is 50.3 Å². The summed E-state index contributed by atoms with van der Waals surface area (Å²) in [6.07, 6.45) is 7.16. The van der Waals surface area contributed by atoms with Crippen LogP contribution in [0.4, 0.5) is 0 Å². The number of thiophene rings is 1. The fourth-order valence-electron chi connectivity index (χ4n) is 7.31. The molecule has 1 fully saturated rings.